The largest absolute Gasteiger partial charge is 0.492 e. The Labute approximate surface area is 108 Å². The molecule has 0 aliphatic rings. The van der Waals surface area contributed by atoms with Crippen LogP contribution in [-0.2, 0) is 13.5 Å². The van der Waals surface area contributed by atoms with Crippen LogP contribution in [0.1, 0.15) is 31.0 Å². The molecule has 0 saturated carbocycles. The lowest BCUT2D eigenvalue weighted by Crippen LogP contribution is -1.99. The number of hydrogen-bond acceptors (Lipinski definition) is 2. The van der Waals surface area contributed by atoms with Gasteiger partial charge < -0.3 is 5.11 Å². The second kappa shape index (κ2) is 5.25. The zero-order valence-electron chi connectivity index (χ0n) is 11.3. The van der Waals surface area contributed by atoms with Crippen molar-refractivity contribution in [2.45, 2.75) is 33.1 Å². The van der Waals surface area contributed by atoms with Crippen molar-refractivity contribution in [2.24, 2.45) is 7.05 Å². The van der Waals surface area contributed by atoms with Crippen molar-refractivity contribution in [1.82, 2.24) is 9.78 Å². The van der Waals surface area contributed by atoms with Crippen molar-refractivity contribution in [2.75, 3.05) is 0 Å². The van der Waals surface area contributed by atoms with Crippen LogP contribution in [0.4, 0.5) is 0 Å². The van der Waals surface area contributed by atoms with Crippen molar-refractivity contribution in [3.63, 3.8) is 0 Å². The predicted molar refractivity (Wildman–Crippen MR) is 73.7 cm³/mol. The molecule has 0 spiro atoms. The molecule has 2 rings (SSSR count). The summed E-state index contributed by atoms with van der Waals surface area (Å²) in [6.45, 7) is 4.23. The van der Waals surface area contributed by atoms with E-state index >= 15 is 0 Å². The summed E-state index contributed by atoms with van der Waals surface area (Å²) >= 11 is 0. The summed E-state index contributed by atoms with van der Waals surface area (Å²) in [5, 5.41) is 14.1. The molecule has 0 fully saturated rings. The fraction of sp³-hybridized carbons (Fsp3) is 0.400. The Bertz CT molecular complexity index is 526. The van der Waals surface area contributed by atoms with Gasteiger partial charge in [0.25, 0.3) is 0 Å². The Morgan fingerprint density at radius 3 is 2.50 bits per heavy atom. The smallest absolute Gasteiger partial charge is 0.238 e. The van der Waals surface area contributed by atoms with Crippen LogP contribution in [0.5, 0.6) is 5.88 Å². The van der Waals surface area contributed by atoms with Gasteiger partial charge in [-0.3, -0.25) is 4.68 Å². The topological polar surface area (TPSA) is 38.1 Å². The number of aryl methyl sites for hydroxylation is 2. The summed E-state index contributed by atoms with van der Waals surface area (Å²) in [5.74, 6) is 0.132. The SMILES string of the molecule is CCCCc1c(-c2ccc(C)cc2)c(O)nn1C. The molecule has 1 N–H and O–H groups in total. The van der Waals surface area contributed by atoms with Crippen molar-refractivity contribution in [3.8, 4) is 17.0 Å². The maximum absolute atomic E-state index is 10.0. The maximum Gasteiger partial charge on any atom is 0.238 e. The number of unbranched alkanes of at least 4 members (excludes halogenated alkanes) is 1. The molecule has 96 valence electrons. The minimum Gasteiger partial charge on any atom is -0.492 e. The zero-order chi connectivity index (χ0) is 13.1. The summed E-state index contributed by atoms with van der Waals surface area (Å²) in [6, 6.07) is 8.21. The second-order valence-electron chi connectivity index (χ2n) is 4.74. The molecule has 18 heavy (non-hydrogen) atoms. The summed E-state index contributed by atoms with van der Waals surface area (Å²) in [7, 11) is 1.89. The Kier molecular flexibility index (Phi) is 3.70. The molecule has 0 aliphatic carbocycles. The first kappa shape index (κ1) is 12.7. The number of benzene rings is 1. The van der Waals surface area contributed by atoms with Crippen molar-refractivity contribution >= 4 is 0 Å². The van der Waals surface area contributed by atoms with E-state index < -0.39 is 0 Å². The fourth-order valence-electron chi connectivity index (χ4n) is 2.19. The van der Waals surface area contributed by atoms with E-state index in [0.717, 1.165) is 36.1 Å². The molecule has 1 heterocycles. The molecule has 2 aromatic rings. The van der Waals surface area contributed by atoms with E-state index in [0.29, 0.717) is 0 Å². The monoisotopic (exact) mass is 244 g/mol. The third kappa shape index (κ3) is 2.40. The fourth-order valence-corrected chi connectivity index (χ4v) is 2.19. The van der Waals surface area contributed by atoms with Gasteiger partial charge in [-0.25, -0.2) is 0 Å². The van der Waals surface area contributed by atoms with E-state index in [1.165, 1.54) is 5.56 Å². The average Bonchev–Trinajstić information content (AvgIpc) is 2.62. The van der Waals surface area contributed by atoms with E-state index in [-0.39, 0.29) is 5.88 Å². The normalized spacial score (nSPS) is 10.8. The first-order valence-electron chi connectivity index (χ1n) is 6.45. The first-order valence-corrected chi connectivity index (χ1v) is 6.45. The Hall–Kier alpha value is -1.77. The van der Waals surface area contributed by atoms with E-state index in [9.17, 15) is 5.11 Å². The molecule has 1 aromatic heterocycles. The molecule has 1 aromatic carbocycles. The molecule has 3 nitrogen and oxygen atoms in total. The Morgan fingerprint density at radius 1 is 1.22 bits per heavy atom. The molecule has 3 heteroatoms. The molecule has 0 saturated heterocycles. The summed E-state index contributed by atoms with van der Waals surface area (Å²) < 4.78 is 1.79. The van der Waals surface area contributed by atoms with Crippen molar-refractivity contribution < 1.29 is 5.11 Å². The van der Waals surface area contributed by atoms with Gasteiger partial charge in [-0.05, 0) is 25.3 Å². The standard InChI is InChI=1S/C15H20N2O/c1-4-5-6-13-14(15(18)16-17(13)3)12-9-7-11(2)8-10-12/h7-10H,4-6H2,1-3H3,(H,16,18). The van der Waals surface area contributed by atoms with Gasteiger partial charge in [0, 0.05) is 12.7 Å². The minimum absolute atomic E-state index is 0.132. The summed E-state index contributed by atoms with van der Waals surface area (Å²) in [4.78, 5) is 0. The van der Waals surface area contributed by atoms with Gasteiger partial charge in [-0.1, -0.05) is 43.2 Å². The molecule has 0 atom stereocenters. The molecular weight excluding hydrogens is 224 g/mol. The molecule has 0 aliphatic heterocycles. The number of aromatic hydroxyl groups is 1. The molecule has 0 radical (unpaired) electrons. The molecule has 0 bridgehead atoms. The van der Waals surface area contributed by atoms with Crippen LogP contribution in [0, 0.1) is 6.92 Å². The van der Waals surface area contributed by atoms with Gasteiger partial charge >= 0.3 is 0 Å². The highest BCUT2D eigenvalue weighted by molar-refractivity contribution is 5.71. The number of hydrogen-bond donors (Lipinski definition) is 1. The third-order valence-corrected chi connectivity index (χ3v) is 3.25. The lowest BCUT2D eigenvalue weighted by Gasteiger charge is -2.06. The van der Waals surface area contributed by atoms with Gasteiger partial charge in [0.15, 0.2) is 0 Å². The van der Waals surface area contributed by atoms with Crippen LogP contribution < -0.4 is 0 Å². The van der Waals surface area contributed by atoms with Crippen LogP contribution in [0.25, 0.3) is 11.1 Å². The number of nitrogens with zero attached hydrogens (tertiary/aromatic N) is 2. The maximum atomic E-state index is 10.0. The highest BCUT2D eigenvalue weighted by Gasteiger charge is 2.16. The van der Waals surface area contributed by atoms with Crippen molar-refractivity contribution in [3.05, 3.63) is 35.5 Å². The van der Waals surface area contributed by atoms with Crippen LogP contribution >= 0.6 is 0 Å². The summed E-state index contributed by atoms with van der Waals surface area (Å²) in [6.07, 6.45) is 3.20. The van der Waals surface area contributed by atoms with Crippen LogP contribution in [0.15, 0.2) is 24.3 Å². The van der Waals surface area contributed by atoms with Crippen molar-refractivity contribution in [1.29, 1.82) is 0 Å². The number of aromatic nitrogens is 2. The third-order valence-electron chi connectivity index (χ3n) is 3.25. The van der Waals surface area contributed by atoms with E-state index in [1.807, 2.05) is 19.2 Å². The van der Waals surface area contributed by atoms with E-state index in [2.05, 4.69) is 31.1 Å². The van der Waals surface area contributed by atoms with E-state index in [1.54, 1.807) is 4.68 Å². The van der Waals surface area contributed by atoms with Crippen LogP contribution in [-0.4, -0.2) is 14.9 Å². The number of rotatable bonds is 4. The van der Waals surface area contributed by atoms with Gasteiger partial charge in [0.1, 0.15) is 0 Å². The minimum atomic E-state index is 0.132. The zero-order valence-corrected chi connectivity index (χ0v) is 11.3. The molecule has 0 amide bonds. The van der Waals surface area contributed by atoms with Gasteiger partial charge in [0.2, 0.25) is 5.88 Å². The highest BCUT2D eigenvalue weighted by Crippen LogP contribution is 2.32. The first-order chi connectivity index (χ1) is 8.63. The lowest BCUT2D eigenvalue weighted by atomic mass is 10.0. The Balaban J connectivity index is 2.45. The van der Waals surface area contributed by atoms with Gasteiger partial charge in [-0.15, -0.1) is 5.10 Å². The molecule has 0 unspecified atom stereocenters. The van der Waals surface area contributed by atoms with Gasteiger partial charge in [0.05, 0.1) is 5.56 Å². The Morgan fingerprint density at radius 2 is 1.89 bits per heavy atom. The molecular formula is C15H20N2O. The van der Waals surface area contributed by atoms with Crippen LogP contribution in [0.2, 0.25) is 0 Å². The highest BCUT2D eigenvalue weighted by atomic mass is 16.3. The second-order valence-corrected chi connectivity index (χ2v) is 4.74. The quantitative estimate of drug-likeness (QED) is 0.894. The summed E-state index contributed by atoms with van der Waals surface area (Å²) in [5.41, 5.74) is 4.25. The predicted octanol–water partition coefficient (Wildman–Crippen LogP) is 3.44. The average molecular weight is 244 g/mol. The lowest BCUT2D eigenvalue weighted by molar-refractivity contribution is 0.445. The van der Waals surface area contributed by atoms with E-state index in [4.69, 9.17) is 0 Å². The van der Waals surface area contributed by atoms with Gasteiger partial charge in [-0.2, -0.15) is 0 Å². The van der Waals surface area contributed by atoms with Crippen LogP contribution in [0.3, 0.4) is 0 Å².